The number of benzene rings is 1. The summed E-state index contributed by atoms with van der Waals surface area (Å²) in [5, 5.41) is 8.94. The SMILES string of the molecule is CCCC[C@@H](NS(=O)(=O)c1cccc(Cl)c1)C(=O)NO. The van der Waals surface area contributed by atoms with E-state index >= 15 is 0 Å². The van der Waals surface area contributed by atoms with Crippen molar-refractivity contribution in [3.63, 3.8) is 0 Å². The molecule has 0 saturated carbocycles. The van der Waals surface area contributed by atoms with Crippen molar-refractivity contribution in [3.8, 4) is 0 Å². The van der Waals surface area contributed by atoms with E-state index in [-0.39, 0.29) is 9.92 Å². The lowest BCUT2D eigenvalue weighted by atomic mass is 10.1. The Bertz CT molecular complexity index is 562. The minimum atomic E-state index is -3.87. The van der Waals surface area contributed by atoms with Gasteiger partial charge in [-0.2, -0.15) is 4.72 Å². The van der Waals surface area contributed by atoms with Gasteiger partial charge in [-0.05, 0) is 24.6 Å². The first-order valence-electron chi connectivity index (χ1n) is 6.12. The monoisotopic (exact) mass is 320 g/mol. The van der Waals surface area contributed by atoms with E-state index in [0.29, 0.717) is 12.8 Å². The van der Waals surface area contributed by atoms with Crippen LogP contribution in [0.2, 0.25) is 5.02 Å². The highest BCUT2D eigenvalue weighted by Crippen LogP contribution is 2.16. The van der Waals surface area contributed by atoms with Gasteiger partial charge >= 0.3 is 0 Å². The summed E-state index contributed by atoms with van der Waals surface area (Å²) >= 11 is 5.75. The molecular formula is C12H17ClN2O4S. The first-order valence-corrected chi connectivity index (χ1v) is 7.98. The second-order valence-electron chi connectivity index (χ2n) is 4.25. The minimum absolute atomic E-state index is 0.0303. The molecule has 0 aliphatic heterocycles. The molecule has 20 heavy (non-hydrogen) atoms. The van der Waals surface area contributed by atoms with Crippen molar-refractivity contribution < 1.29 is 18.4 Å². The maximum Gasteiger partial charge on any atom is 0.261 e. The van der Waals surface area contributed by atoms with E-state index in [9.17, 15) is 13.2 Å². The summed E-state index contributed by atoms with van der Waals surface area (Å²) in [5.41, 5.74) is 1.47. The third kappa shape index (κ3) is 4.75. The van der Waals surface area contributed by atoms with Crippen LogP contribution in [0.4, 0.5) is 0 Å². The van der Waals surface area contributed by atoms with Crippen LogP contribution in [-0.4, -0.2) is 25.6 Å². The highest BCUT2D eigenvalue weighted by atomic mass is 35.5. The van der Waals surface area contributed by atoms with Crippen LogP contribution in [0.25, 0.3) is 0 Å². The molecule has 0 saturated heterocycles. The molecule has 0 unspecified atom stereocenters. The zero-order chi connectivity index (χ0) is 15.2. The van der Waals surface area contributed by atoms with Crippen molar-refractivity contribution in [2.75, 3.05) is 0 Å². The lowest BCUT2D eigenvalue weighted by molar-refractivity contribution is -0.131. The fraction of sp³-hybridized carbons (Fsp3) is 0.417. The Morgan fingerprint density at radius 2 is 2.15 bits per heavy atom. The standard InChI is InChI=1S/C12H17ClN2O4S/c1-2-3-7-11(12(16)14-17)15-20(18,19)10-6-4-5-9(13)8-10/h4-6,8,11,15,17H,2-3,7H2,1H3,(H,14,16)/t11-/m1/s1. The number of carbonyl (C=O) groups is 1. The average Bonchev–Trinajstić information content (AvgIpc) is 2.42. The van der Waals surface area contributed by atoms with Crippen LogP contribution in [0, 0.1) is 0 Å². The van der Waals surface area contributed by atoms with Gasteiger partial charge in [-0.1, -0.05) is 37.4 Å². The van der Waals surface area contributed by atoms with E-state index in [2.05, 4.69) is 4.72 Å². The fourth-order valence-corrected chi connectivity index (χ4v) is 3.15. The number of sulfonamides is 1. The first kappa shape index (κ1) is 16.9. The molecule has 0 fully saturated rings. The number of carbonyl (C=O) groups excluding carboxylic acids is 1. The van der Waals surface area contributed by atoms with Crippen LogP contribution in [0.3, 0.4) is 0 Å². The molecule has 0 aliphatic carbocycles. The summed E-state index contributed by atoms with van der Waals surface area (Å²) in [7, 11) is -3.87. The second-order valence-corrected chi connectivity index (χ2v) is 6.40. The molecule has 0 aliphatic rings. The molecule has 112 valence electrons. The Morgan fingerprint density at radius 3 is 2.70 bits per heavy atom. The van der Waals surface area contributed by atoms with Gasteiger partial charge in [0.15, 0.2) is 0 Å². The summed E-state index contributed by atoms with van der Waals surface area (Å²) in [4.78, 5) is 11.4. The van der Waals surface area contributed by atoms with E-state index in [4.69, 9.17) is 16.8 Å². The molecule has 0 aromatic heterocycles. The summed E-state index contributed by atoms with van der Waals surface area (Å²) in [6, 6.07) is 4.70. The van der Waals surface area contributed by atoms with E-state index < -0.39 is 22.0 Å². The Labute approximate surface area is 123 Å². The smallest absolute Gasteiger partial charge is 0.261 e. The van der Waals surface area contributed by atoms with Crippen molar-refractivity contribution >= 4 is 27.5 Å². The molecule has 6 nitrogen and oxygen atoms in total. The maximum absolute atomic E-state index is 12.1. The summed E-state index contributed by atoms with van der Waals surface area (Å²) in [5.74, 6) is -0.788. The zero-order valence-electron chi connectivity index (χ0n) is 11.0. The number of hydrogen-bond acceptors (Lipinski definition) is 4. The number of hydrogen-bond donors (Lipinski definition) is 3. The maximum atomic E-state index is 12.1. The summed E-state index contributed by atoms with van der Waals surface area (Å²) in [6.07, 6.45) is 1.74. The quantitative estimate of drug-likeness (QED) is 0.526. The normalized spacial score (nSPS) is 12.9. The molecule has 1 atom stereocenters. The molecule has 1 aromatic carbocycles. The van der Waals surface area contributed by atoms with Crippen molar-refractivity contribution in [1.29, 1.82) is 0 Å². The third-order valence-electron chi connectivity index (χ3n) is 2.68. The predicted octanol–water partition coefficient (Wildman–Crippen LogP) is 1.68. The van der Waals surface area contributed by atoms with Crippen LogP contribution < -0.4 is 10.2 Å². The Morgan fingerprint density at radius 1 is 1.45 bits per heavy atom. The van der Waals surface area contributed by atoms with E-state index in [1.807, 2.05) is 6.92 Å². The van der Waals surface area contributed by atoms with Gasteiger partial charge in [0.2, 0.25) is 10.0 Å². The zero-order valence-corrected chi connectivity index (χ0v) is 12.5. The highest BCUT2D eigenvalue weighted by Gasteiger charge is 2.25. The highest BCUT2D eigenvalue weighted by molar-refractivity contribution is 7.89. The number of amides is 1. The topological polar surface area (TPSA) is 95.5 Å². The Kier molecular flexibility index (Phi) is 6.41. The van der Waals surface area contributed by atoms with Crippen molar-refractivity contribution in [2.24, 2.45) is 0 Å². The molecule has 0 bridgehead atoms. The molecule has 3 N–H and O–H groups in total. The number of unbranched alkanes of at least 4 members (excludes halogenated alkanes) is 1. The van der Waals surface area contributed by atoms with E-state index in [1.54, 1.807) is 6.07 Å². The lowest BCUT2D eigenvalue weighted by Crippen LogP contribution is -2.45. The number of halogens is 1. The van der Waals surface area contributed by atoms with Crippen LogP contribution >= 0.6 is 11.6 Å². The number of rotatable bonds is 7. The molecule has 1 aromatic rings. The van der Waals surface area contributed by atoms with Gasteiger partial charge < -0.3 is 0 Å². The summed E-state index contributed by atoms with van der Waals surface area (Å²) < 4.78 is 26.6. The van der Waals surface area contributed by atoms with Crippen molar-refractivity contribution in [2.45, 2.75) is 37.1 Å². The van der Waals surface area contributed by atoms with Gasteiger partial charge in [0.25, 0.3) is 5.91 Å². The second kappa shape index (κ2) is 7.58. The minimum Gasteiger partial charge on any atom is -0.289 e. The number of hydroxylamine groups is 1. The molecular weight excluding hydrogens is 304 g/mol. The van der Waals surface area contributed by atoms with Gasteiger partial charge in [-0.25, -0.2) is 13.9 Å². The van der Waals surface area contributed by atoms with Crippen LogP contribution in [0.1, 0.15) is 26.2 Å². The van der Waals surface area contributed by atoms with Crippen molar-refractivity contribution in [3.05, 3.63) is 29.3 Å². The average molecular weight is 321 g/mol. The van der Waals surface area contributed by atoms with E-state index in [1.165, 1.54) is 23.7 Å². The Hall–Kier alpha value is -1.15. The lowest BCUT2D eigenvalue weighted by Gasteiger charge is -2.16. The van der Waals surface area contributed by atoms with Gasteiger partial charge in [-0.15, -0.1) is 0 Å². The van der Waals surface area contributed by atoms with Crippen LogP contribution in [0.5, 0.6) is 0 Å². The third-order valence-corrected chi connectivity index (χ3v) is 4.38. The predicted molar refractivity (Wildman–Crippen MR) is 75.0 cm³/mol. The molecule has 1 amide bonds. The van der Waals surface area contributed by atoms with Gasteiger partial charge in [0.1, 0.15) is 6.04 Å². The molecule has 8 heteroatoms. The van der Waals surface area contributed by atoms with Crippen molar-refractivity contribution in [1.82, 2.24) is 10.2 Å². The molecule has 1 rings (SSSR count). The van der Waals surface area contributed by atoms with Crippen LogP contribution in [0.15, 0.2) is 29.2 Å². The van der Waals surface area contributed by atoms with Gasteiger partial charge in [0.05, 0.1) is 4.90 Å². The molecule has 0 spiro atoms. The summed E-state index contributed by atoms with van der Waals surface area (Å²) in [6.45, 7) is 1.92. The van der Waals surface area contributed by atoms with Crippen LogP contribution in [-0.2, 0) is 14.8 Å². The fourth-order valence-electron chi connectivity index (χ4n) is 1.62. The Balaban J connectivity index is 2.93. The number of nitrogens with one attached hydrogen (secondary N) is 2. The molecule has 0 radical (unpaired) electrons. The largest absolute Gasteiger partial charge is 0.289 e. The van der Waals surface area contributed by atoms with Gasteiger partial charge in [-0.3, -0.25) is 10.0 Å². The first-order chi connectivity index (χ1) is 9.40. The molecule has 0 heterocycles. The van der Waals surface area contributed by atoms with Gasteiger partial charge in [0, 0.05) is 5.02 Å². The van der Waals surface area contributed by atoms with E-state index in [0.717, 1.165) is 6.42 Å².